The number of pyridine rings is 1. The second kappa shape index (κ2) is 9.63. The largest absolute Gasteiger partial charge is 0.481 e. The number of carboxylic acid groups (broad SMARTS) is 1. The van der Waals surface area contributed by atoms with Gasteiger partial charge in [0.15, 0.2) is 0 Å². The van der Waals surface area contributed by atoms with Gasteiger partial charge < -0.3 is 20.6 Å². The van der Waals surface area contributed by atoms with Crippen LogP contribution in [0.25, 0.3) is 0 Å². The van der Waals surface area contributed by atoms with Gasteiger partial charge in [-0.15, -0.1) is 0 Å². The first-order valence-corrected chi connectivity index (χ1v) is 12.7. The Hall–Kier alpha value is -3.14. The number of nitrogens with two attached hydrogens (primary N) is 1. The van der Waals surface area contributed by atoms with Crippen LogP contribution >= 0.6 is 0 Å². The third-order valence-electron chi connectivity index (χ3n) is 8.39. The van der Waals surface area contributed by atoms with Crippen molar-refractivity contribution in [2.75, 3.05) is 25.4 Å². The number of alkyl halides is 3. The molecule has 0 radical (unpaired) electrons. The van der Waals surface area contributed by atoms with Crippen LogP contribution in [0.15, 0.2) is 36.5 Å². The van der Waals surface area contributed by atoms with E-state index in [1.165, 1.54) is 0 Å². The molecule has 1 aromatic heterocycles. The fraction of sp³-hybridized carbons (Fsp3) is 0.519. The Labute approximate surface area is 213 Å². The third-order valence-corrected chi connectivity index (χ3v) is 8.39. The second-order valence-corrected chi connectivity index (χ2v) is 10.6. The van der Waals surface area contributed by atoms with Crippen molar-refractivity contribution in [2.24, 2.45) is 5.92 Å². The number of nitrogen functional groups attached to an aromatic ring is 1. The van der Waals surface area contributed by atoms with Gasteiger partial charge in [-0.25, -0.2) is 0 Å². The fourth-order valence-electron chi connectivity index (χ4n) is 6.32. The molecule has 10 heteroatoms. The van der Waals surface area contributed by atoms with Crippen molar-refractivity contribution in [1.29, 1.82) is 0 Å². The Kier molecular flexibility index (Phi) is 6.64. The van der Waals surface area contributed by atoms with Gasteiger partial charge in [-0.3, -0.25) is 14.6 Å². The monoisotopic (exact) mass is 516 g/mol. The Morgan fingerprint density at radius 2 is 1.86 bits per heavy atom. The molecule has 2 aliphatic heterocycles. The highest BCUT2D eigenvalue weighted by Gasteiger charge is 2.50. The number of likely N-dealkylation sites (tertiary alicyclic amines) is 1. The Morgan fingerprint density at radius 3 is 2.54 bits per heavy atom. The smallest absolute Gasteiger partial charge is 0.417 e. The molecule has 2 unspecified atom stereocenters. The lowest BCUT2D eigenvalue weighted by atomic mass is 9.76. The average molecular weight is 517 g/mol. The van der Waals surface area contributed by atoms with E-state index in [2.05, 4.69) is 9.88 Å². The van der Waals surface area contributed by atoms with E-state index < -0.39 is 23.1 Å². The first-order valence-electron chi connectivity index (χ1n) is 12.7. The summed E-state index contributed by atoms with van der Waals surface area (Å²) in [5.74, 6) is -1.19. The topological polar surface area (TPSA) is 99.8 Å². The van der Waals surface area contributed by atoms with Crippen LogP contribution in [0, 0.1) is 5.92 Å². The molecule has 1 saturated carbocycles. The zero-order valence-electron chi connectivity index (χ0n) is 20.5. The molecule has 5 rings (SSSR count). The summed E-state index contributed by atoms with van der Waals surface area (Å²) in [4.78, 5) is 33.6. The van der Waals surface area contributed by atoms with Crippen molar-refractivity contribution in [3.8, 4) is 0 Å². The van der Waals surface area contributed by atoms with Gasteiger partial charge in [0.2, 0.25) is 5.91 Å². The van der Waals surface area contributed by atoms with Crippen molar-refractivity contribution < 1.29 is 27.9 Å². The molecule has 7 nitrogen and oxygen atoms in total. The molecular weight excluding hydrogens is 485 g/mol. The van der Waals surface area contributed by atoms with E-state index >= 15 is 0 Å². The van der Waals surface area contributed by atoms with E-state index in [0.29, 0.717) is 68.7 Å². The molecule has 3 aliphatic rings. The summed E-state index contributed by atoms with van der Waals surface area (Å²) < 4.78 is 39.9. The van der Waals surface area contributed by atoms with E-state index in [4.69, 9.17) is 5.73 Å². The number of aliphatic carboxylic acids is 1. The molecule has 3 heterocycles. The van der Waals surface area contributed by atoms with Gasteiger partial charge >= 0.3 is 12.1 Å². The summed E-state index contributed by atoms with van der Waals surface area (Å²) in [5, 5.41) is 9.35. The van der Waals surface area contributed by atoms with E-state index in [0.717, 1.165) is 24.2 Å². The van der Waals surface area contributed by atoms with Crippen LogP contribution in [0.1, 0.15) is 54.5 Å². The number of amides is 1. The summed E-state index contributed by atoms with van der Waals surface area (Å²) in [6, 6.07) is 8.57. The van der Waals surface area contributed by atoms with E-state index in [-0.39, 0.29) is 24.4 Å². The molecule has 2 atom stereocenters. The summed E-state index contributed by atoms with van der Waals surface area (Å²) >= 11 is 0. The van der Waals surface area contributed by atoms with Gasteiger partial charge in [-0.1, -0.05) is 12.1 Å². The molecule has 0 spiro atoms. The van der Waals surface area contributed by atoms with Crippen LogP contribution in [0.4, 0.5) is 18.9 Å². The molecule has 3 N–H and O–H groups in total. The van der Waals surface area contributed by atoms with Crippen molar-refractivity contribution in [3.05, 3.63) is 58.9 Å². The fourth-order valence-corrected chi connectivity index (χ4v) is 6.32. The lowest BCUT2D eigenvalue weighted by Gasteiger charge is -2.39. The molecule has 1 aliphatic carbocycles. The van der Waals surface area contributed by atoms with Crippen LogP contribution < -0.4 is 5.73 Å². The molecule has 2 fully saturated rings. The molecule has 2 aromatic rings. The number of carbonyl (C=O) groups is 2. The Balaban J connectivity index is 1.41. The van der Waals surface area contributed by atoms with Crippen LogP contribution in [0.5, 0.6) is 0 Å². The lowest BCUT2D eigenvalue weighted by molar-refractivity contribution is -0.143. The maximum absolute atomic E-state index is 14.2. The second-order valence-electron chi connectivity index (χ2n) is 10.6. The highest BCUT2D eigenvalue weighted by Crippen LogP contribution is 2.46. The molecule has 1 aromatic carbocycles. The highest BCUT2D eigenvalue weighted by atomic mass is 19.4. The normalized spacial score (nSPS) is 25.2. The maximum atomic E-state index is 14.2. The molecule has 0 bridgehead atoms. The summed E-state index contributed by atoms with van der Waals surface area (Å²) in [6.07, 6.45) is -0.115. The number of halogens is 3. The van der Waals surface area contributed by atoms with Gasteiger partial charge in [0, 0.05) is 43.1 Å². The third kappa shape index (κ3) is 4.91. The number of piperidine rings is 1. The minimum Gasteiger partial charge on any atom is -0.481 e. The summed E-state index contributed by atoms with van der Waals surface area (Å²) in [6.45, 7) is 1.82. The minimum absolute atomic E-state index is 0.0871. The van der Waals surface area contributed by atoms with Crippen molar-refractivity contribution in [1.82, 2.24) is 14.8 Å². The summed E-state index contributed by atoms with van der Waals surface area (Å²) in [7, 11) is 0. The van der Waals surface area contributed by atoms with E-state index in [1.807, 2.05) is 18.2 Å². The number of hydrogen-bond acceptors (Lipinski definition) is 5. The highest BCUT2D eigenvalue weighted by molar-refractivity contribution is 5.89. The standard InChI is InChI=1S/C27H31F3N4O3/c28-27(29,30)20-12-18-16-34(11-7-23(18)32-15-20)25(37)26(19-2-1-3-21(31)13-19)8-4-22(14-26)33-9-5-17(6-10-33)24(35)36/h1-3,12-13,15,17,22H,4-11,14,16,31H2,(H,35,36). The quantitative estimate of drug-likeness (QED) is 0.599. The number of carboxylic acids is 1. The van der Waals surface area contributed by atoms with Crippen LogP contribution in [0.2, 0.25) is 0 Å². The number of fused-ring (bicyclic) bond motifs is 1. The first-order chi connectivity index (χ1) is 17.6. The number of hydrogen-bond donors (Lipinski definition) is 2. The SMILES string of the molecule is Nc1cccc(C2(C(=O)N3CCc4ncc(C(F)(F)F)cc4C3)CCC(N3CCC(C(=O)O)CC3)C2)c1. The number of benzene rings is 1. The molecular formula is C27H31F3N4O3. The van der Waals surface area contributed by atoms with Gasteiger partial charge in [0.05, 0.1) is 16.9 Å². The van der Waals surface area contributed by atoms with E-state index in [1.54, 1.807) is 11.0 Å². The van der Waals surface area contributed by atoms with Gasteiger partial charge in [0.1, 0.15) is 0 Å². The van der Waals surface area contributed by atoms with Crippen LogP contribution in [-0.4, -0.2) is 57.4 Å². The zero-order valence-corrected chi connectivity index (χ0v) is 20.5. The van der Waals surface area contributed by atoms with Crippen molar-refractivity contribution in [3.63, 3.8) is 0 Å². The molecule has 37 heavy (non-hydrogen) atoms. The maximum Gasteiger partial charge on any atom is 0.417 e. The predicted molar refractivity (Wildman–Crippen MR) is 130 cm³/mol. The molecule has 1 amide bonds. The van der Waals surface area contributed by atoms with Crippen molar-refractivity contribution >= 4 is 17.6 Å². The Bertz CT molecular complexity index is 1200. The number of nitrogens with zero attached hydrogens (tertiary/aromatic N) is 3. The average Bonchev–Trinajstić information content (AvgIpc) is 3.34. The number of aromatic nitrogens is 1. The van der Waals surface area contributed by atoms with Crippen molar-refractivity contribution in [2.45, 2.75) is 62.7 Å². The number of anilines is 1. The van der Waals surface area contributed by atoms with Gasteiger partial charge in [-0.05, 0) is 74.5 Å². The van der Waals surface area contributed by atoms with Crippen LogP contribution in [0.3, 0.4) is 0 Å². The number of carbonyl (C=O) groups excluding carboxylic acids is 1. The number of rotatable bonds is 4. The van der Waals surface area contributed by atoms with Gasteiger partial charge in [0.25, 0.3) is 0 Å². The summed E-state index contributed by atoms with van der Waals surface area (Å²) in [5.41, 5.74) is 6.87. The predicted octanol–water partition coefficient (Wildman–Crippen LogP) is 3.85. The first kappa shape index (κ1) is 25.5. The zero-order chi connectivity index (χ0) is 26.4. The Morgan fingerprint density at radius 1 is 1.11 bits per heavy atom. The lowest BCUT2D eigenvalue weighted by Crippen LogP contribution is -2.49. The molecule has 198 valence electrons. The minimum atomic E-state index is -4.50. The molecule has 1 saturated heterocycles. The van der Waals surface area contributed by atoms with Gasteiger partial charge in [-0.2, -0.15) is 13.2 Å². The van der Waals surface area contributed by atoms with E-state index in [9.17, 15) is 27.9 Å². The van der Waals surface area contributed by atoms with Crippen LogP contribution in [-0.2, 0) is 34.1 Å².